The first-order valence-corrected chi connectivity index (χ1v) is 11.6. The molecule has 170 valence electrons. The Kier molecular flexibility index (Phi) is 5.42. The van der Waals surface area contributed by atoms with Crippen LogP contribution in [0.2, 0.25) is 0 Å². The third kappa shape index (κ3) is 3.64. The van der Waals surface area contributed by atoms with Crippen LogP contribution in [0.3, 0.4) is 0 Å². The second-order valence-electron chi connectivity index (χ2n) is 8.28. The van der Waals surface area contributed by atoms with E-state index in [0.29, 0.717) is 16.4 Å². The molecule has 1 saturated heterocycles. The molecular formula is C27H22N2O4S. The number of ether oxygens (including phenoxy) is 1. The number of anilines is 1. The van der Waals surface area contributed by atoms with E-state index in [4.69, 9.17) is 4.74 Å². The normalized spacial score (nSPS) is 17.5. The van der Waals surface area contributed by atoms with E-state index >= 15 is 0 Å². The summed E-state index contributed by atoms with van der Waals surface area (Å²) in [5.74, 6) is -1.06. The summed E-state index contributed by atoms with van der Waals surface area (Å²) in [4.78, 5) is 32.7. The molecule has 3 aromatic carbocycles. The minimum Gasteiger partial charge on any atom is -0.507 e. The van der Waals surface area contributed by atoms with Crippen molar-refractivity contribution in [3.63, 3.8) is 0 Å². The molecule has 2 heterocycles. The molecule has 1 fully saturated rings. The van der Waals surface area contributed by atoms with Gasteiger partial charge in [-0.25, -0.2) is 4.98 Å². The third-order valence-corrected chi connectivity index (χ3v) is 6.96. The molecule has 6 nitrogen and oxygen atoms in total. The lowest BCUT2D eigenvalue weighted by Gasteiger charge is -2.23. The number of carbonyl (C=O) groups is 2. The number of nitrogens with zero attached hydrogens (tertiary/aromatic N) is 2. The number of carbonyl (C=O) groups excluding carboxylic acids is 2. The van der Waals surface area contributed by atoms with Gasteiger partial charge in [0.15, 0.2) is 5.13 Å². The minimum absolute atomic E-state index is 0.0365. The van der Waals surface area contributed by atoms with Gasteiger partial charge in [0.1, 0.15) is 11.5 Å². The van der Waals surface area contributed by atoms with Gasteiger partial charge in [-0.05, 0) is 61.4 Å². The van der Waals surface area contributed by atoms with E-state index < -0.39 is 17.7 Å². The first kappa shape index (κ1) is 21.9. The van der Waals surface area contributed by atoms with E-state index in [-0.39, 0.29) is 11.3 Å². The van der Waals surface area contributed by atoms with Gasteiger partial charge in [-0.2, -0.15) is 0 Å². The summed E-state index contributed by atoms with van der Waals surface area (Å²) in [5.41, 5.74) is 4.07. The molecule has 0 radical (unpaired) electrons. The first-order chi connectivity index (χ1) is 16.4. The number of thiazole rings is 1. The van der Waals surface area contributed by atoms with Gasteiger partial charge in [0.25, 0.3) is 5.78 Å². The van der Waals surface area contributed by atoms with E-state index in [1.165, 1.54) is 16.2 Å². The maximum atomic E-state index is 13.3. The molecule has 0 unspecified atom stereocenters. The molecule has 1 aromatic heterocycles. The predicted molar refractivity (Wildman–Crippen MR) is 133 cm³/mol. The third-order valence-electron chi connectivity index (χ3n) is 5.94. The minimum atomic E-state index is -0.802. The highest BCUT2D eigenvalue weighted by atomic mass is 32.1. The van der Waals surface area contributed by atoms with Gasteiger partial charge < -0.3 is 9.84 Å². The number of hydrogen-bond acceptors (Lipinski definition) is 6. The van der Waals surface area contributed by atoms with Crippen LogP contribution in [0.4, 0.5) is 5.13 Å². The van der Waals surface area contributed by atoms with E-state index in [1.807, 2.05) is 56.3 Å². The van der Waals surface area contributed by atoms with Crippen LogP contribution in [0.5, 0.6) is 5.75 Å². The largest absolute Gasteiger partial charge is 0.507 e. The van der Waals surface area contributed by atoms with Crippen LogP contribution in [-0.4, -0.2) is 28.9 Å². The van der Waals surface area contributed by atoms with Crippen LogP contribution in [0.15, 0.2) is 72.3 Å². The number of amides is 1. The van der Waals surface area contributed by atoms with E-state index in [2.05, 4.69) is 4.98 Å². The molecular weight excluding hydrogens is 448 g/mol. The SMILES string of the molecule is COc1ccc(C(O)=C2C(=O)C(=O)N(c3nc4ccc(C)cc4s3)[C@@H]2c2ccc(C)cc2)cc1. The molecule has 1 atom stereocenters. The second kappa shape index (κ2) is 8.43. The highest BCUT2D eigenvalue weighted by Crippen LogP contribution is 2.44. The molecule has 34 heavy (non-hydrogen) atoms. The lowest BCUT2D eigenvalue weighted by molar-refractivity contribution is -0.132. The number of Topliss-reactive ketones (excluding diaryl/α,β-unsaturated/α-hetero) is 1. The number of aryl methyl sites for hydroxylation is 2. The van der Waals surface area contributed by atoms with Gasteiger partial charge in [-0.3, -0.25) is 14.5 Å². The Labute approximate surface area is 200 Å². The molecule has 7 heteroatoms. The van der Waals surface area contributed by atoms with Gasteiger partial charge in [0, 0.05) is 5.56 Å². The molecule has 1 N–H and O–H groups in total. The molecule has 0 spiro atoms. The number of aromatic nitrogens is 1. The van der Waals surface area contributed by atoms with Crippen molar-refractivity contribution in [1.29, 1.82) is 0 Å². The molecule has 1 aliphatic rings. The molecule has 0 bridgehead atoms. The van der Waals surface area contributed by atoms with Crippen molar-refractivity contribution in [2.45, 2.75) is 19.9 Å². The number of aliphatic hydroxyl groups is 1. The maximum absolute atomic E-state index is 13.3. The van der Waals surface area contributed by atoms with Gasteiger partial charge in [-0.1, -0.05) is 47.2 Å². The van der Waals surface area contributed by atoms with Crippen molar-refractivity contribution in [3.05, 3.63) is 94.6 Å². The molecule has 0 saturated carbocycles. The molecule has 1 aliphatic heterocycles. The predicted octanol–water partition coefficient (Wildman–Crippen LogP) is 5.55. The lowest BCUT2D eigenvalue weighted by Crippen LogP contribution is -2.29. The molecule has 5 rings (SSSR count). The monoisotopic (exact) mass is 470 g/mol. The van der Waals surface area contributed by atoms with Crippen molar-refractivity contribution in [2.24, 2.45) is 0 Å². The van der Waals surface area contributed by atoms with E-state index in [9.17, 15) is 14.7 Å². The number of hydrogen-bond donors (Lipinski definition) is 1. The van der Waals surface area contributed by atoms with Crippen LogP contribution < -0.4 is 9.64 Å². The zero-order valence-corrected chi connectivity index (χ0v) is 19.7. The Morgan fingerprint density at radius 1 is 0.971 bits per heavy atom. The summed E-state index contributed by atoms with van der Waals surface area (Å²) >= 11 is 1.35. The summed E-state index contributed by atoms with van der Waals surface area (Å²) in [6, 6.07) is 19.4. The standard InChI is InChI=1S/C27H22N2O4S/c1-15-4-7-17(8-5-15)23-22(24(30)18-9-11-19(33-3)12-10-18)25(31)26(32)29(23)27-28-20-13-6-16(2)14-21(20)34-27/h4-14,23,30H,1-3H3/t23-/m1/s1. The Morgan fingerprint density at radius 2 is 1.65 bits per heavy atom. The summed E-state index contributed by atoms with van der Waals surface area (Å²) < 4.78 is 6.12. The number of ketones is 1. The van der Waals surface area contributed by atoms with Gasteiger partial charge in [0.2, 0.25) is 0 Å². The fraction of sp³-hybridized carbons (Fsp3) is 0.148. The average molecular weight is 471 g/mol. The fourth-order valence-corrected chi connectivity index (χ4v) is 5.21. The average Bonchev–Trinajstić information content (AvgIpc) is 3.37. The Bertz CT molecular complexity index is 1450. The van der Waals surface area contributed by atoms with Crippen molar-refractivity contribution >= 4 is 44.1 Å². The van der Waals surface area contributed by atoms with Crippen molar-refractivity contribution in [1.82, 2.24) is 4.98 Å². The van der Waals surface area contributed by atoms with Crippen LogP contribution in [0.25, 0.3) is 16.0 Å². The zero-order chi connectivity index (χ0) is 24.0. The first-order valence-electron chi connectivity index (χ1n) is 10.8. The smallest absolute Gasteiger partial charge is 0.301 e. The molecule has 1 amide bonds. The number of methoxy groups -OCH3 is 1. The Hall–Kier alpha value is -3.97. The zero-order valence-electron chi connectivity index (χ0n) is 18.9. The van der Waals surface area contributed by atoms with Crippen LogP contribution >= 0.6 is 11.3 Å². The maximum Gasteiger partial charge on any atom is 0.301 e. The van der Waals surface area contributed by atoms with Crippen molar-refractivity contribution < 1.29 is 19.4 Å². The Balaban J connectivity index is 1.71. The number of rotatable bonds is 4. The Morgan fingerprint density at radius 3 is 2.32 bits per heavy atom. The summed E-state index contributed by atoms with van der Waals surface area (Å²) in [6.45, 7) is 3.96. The van der Waals surface area contributed by atoms with E-state index in [1.54, 1.807) is 31.4 Å². The van der Waals surface area contributed by atoms with Gasteiger partial charge >= 0.3 is 5.91 Å². The summed E-state index contributed by atoms with van der Waals surface area (Å²) in [7, 11) is 1.55. The number of aliphatic hydroxyl groups excluding tert-OH is 1. The summed E-state index contributed by atoms with van der Waals surface area (Å²) in [5, 5.41) is 11.6. The topological polar surface area (TPSA) is 79.7 Å². The fourth-order valence-electron chi connectivity index (χ4n) is 4.12. The second-order valence-corrected chi connectivity index (χ2v) is 9.29. The number of fused-ring (bicyclic) bond motifs is 1. The van der Waals surface area contributed by atoms with Crippen LogP contribution in [-0.2, 0) is 9.59 Å². The van der Waals surface area contributed by atoms with Gasteiger partial charge in [-0.15, -0.1) is 0 Å². The highest BCUT2D eigenvalue weighted by Gasteiger charge is 2.48. The van der Waals surface area contributed by atoms with Crippen LogP contribution in [0.1, 0.15) is 28.3 Å². The lowest BCUT2D eigenvalue weighted by atomic mass is 9.95. The van der Waals surface area contributed by atoms with E-state index in [0.717, 1.165) is 26.9 Å². The number of benzene rings is 3. The van der Waals surface area contributed by atoms with Gasteiger partial charge in [0.05, 0.1) is 28.9 Å². The summed E-state index contributed by atoms with van der Waals surface area (Å²) in [6.07, 6.45) is 0. The molecule has 4 aromatic rings. The van der Waals surface area contributed by atoms with Crippen molar-refractivity contribution in [3.8, 4) is 5.75 Å². The highest BCUT2D eigenvalue weighted by molar-refractivity contribution is 7.22. The molecule has 0 aliphatic carbocycles. The quantitative estimate of drug-likeness (QED) is 0.240. The van der Waals surface area contributed by atoms with Crippen LogP contribution in [0, 0.1) is 13.8 Å². The van der Waals surface area contributed by atoms with Crippen molar-refractivity contribution in [2.75, 3.05) is 12.0 Å².